The first-order valence-corrected chi connectivity index (χ1v) is 10.5. The number of guanidine groups is 1. The average molecular weight is 498 g/mol. The predicted octanol–water partition coefficient (Wildman–Crippen LogP) is 3.48. The van der Waals surface area contributed by atoms with Gasteiger partial charge in [-0.3, -0.25) is 9.89 Å². The first-order valence-electron chi connectivity index (χ1n) is 10.5. The molecule has 2 aliphatic heterocycles. The number of rotatable bonds is 4. The topological polar surface area (TPSA) is 40.1 Å². The molecule has 0 radical (unpaired) electrons. The third kappa shape index (κ3) is 4.27. The molecule has 1 saturated carbocycles. The van der Waals surface area contributed by atoms with Crippen LogP contribution in [-0.2, 0) is 5.41 Å². The van der Waals surface area contributed by atoms with E-state index < -0.39 is 0 Å². The number of likely N-dealkylation sites (tertiary alicyclic amines) is 2. The Hall–Kier alpha value is -1.02. The zero-order chi connectivity index (χ0) is 18.9. The van der Waals surface area contributed by atoms with Crippen molar-refractivity contribution >= 4 is 29.9 Å². The number of nitrogens with zero attached hydrogens (tertiary/aromatic N) is 3. The van der Waals surface area contributed by atoms with E-state index >= 15 is 0 Å². The summed E-state index contributed by atoms with van der Waals surface area (Å²) in [5, 5.41) is 3.75. The summed E-state index contributed by atoms with van der Waals surface area (Å²) in [6, 6.07) is 9.53. The van der Waals surface area contributed by atoms with Crippen molar-refractivity contribution in [1.82, 2.24) is 15.1 Å². The van der Waals surface area contributed by atoms with E-state index in [0.29, 0.717) is 12.1 Å². The van der Waals surface area contributed by atoms with Crippen LogP contribution >= 0.6 is 24.0 Å². The minimum absolute atomic E-state index is 0. The van der Waals surface area contributed by atoms with Crippen LogP contribution in [0.3, 0.4) is 0 Å². The lowest BCUT2D eigenvalue weighted by Gasteiger charge is -2.32. The second-order valence-corrected chi connectivity index (χ2v) is 8.55. The second-order valence-electron chi connectivity index (χ2n) is 8.55. The van der Waals surface area contributed by atoms with E-state index in [9.17, 15) is 0 Å². The summed E-state index contributed by atoms with van der Waals surface area (Å²) in [5.74, 6) is 2.06. The van der Waals surface area contributed by atoms with Crippen LogP contribution in [0.4, 0.5) is 0 Å². The van der Waals surface area contributed by atoms with E-state index in [2.05, 4.69) is 45.2 Å². The van der Waals surface area contributed by atoms with Crippen molar-refractivity contribution < 1.29 is 4.74 Å². The van der Waals surface area contributed by atoms with Gasteiger partial charge in [-0.05, 0) is 44.8 Å². The van der Waals surface area contributed by atoms with Crippen molar-refractivity contribution in [3.05, 3.63) is 29.8 Å². The maximum atomic E-state index is 5.60. The Bertz CT molecular complexity index is 691. The van der Waals surface area contributed by atoms with E-state index in [1.54, 1.807) is 7.11 Å². The monoisotopic (exact) mass is 498 g/mol. The Kier molecular flexibility index (Phi) is 7.12. The first-order chi connectivity index (χ1) is 13.2. The normalized spacial score (nSPS) is 30.7. The fourth-order valence-electron chi connectivity index (χ4n) is 4.96. The zero-order valence-electron chi connectivity index (χ0n) is 17.5. The van der Waals surface area contributed by atoms with Crippen molar-refractivity contribution in [3.8, 4) is 5.75 Å². The van der Waals surface area contributed by atoms with Gasteiger partial charge in [0.2, 0.25) is 0 Å². The molecule has 2 heterocycles. The van der Waals surface area contributed by atoms with Gasteiger partial charge in [0.15, 0.2) is 5.96 Å². The van der Waals surface area contributed by atoms with Gasteiger partial charge in [-0.15, -0.1) is 24.0 Å². The van der Waals surface area contributed by atoms with Crippen LogP contribution in [0.25, 0.3) is 0 Å². The zero-order valence-corrected chi connectivity index (χ0v) is 19.8. The lowest BCUT2D eigenvalue weighted by molar-refractivity contribution is 0.168. The van der Waals surface area contributed by atoms with Gasteiger partial charge in [-0.2, -0.15) is 0 Å². The molecule has 1 aliphatic carbocycles. The third-order valence-electron chi connectivity index (χ3n) is 6.84. The van der Waals surface area contributed by atoms with Crippen LogP contribution in [0.1, 0.15) is 44.6 Å². The fraction of sp³-hybridized carbons (Fsp3) is 0.682. The largest absolute Gasteiger partial charge is 0.496 e. The van der Waals surface area contributed by atoms with E-state index in [-0.39, 0.29) is 29.4 Å². The summed E-state index contributed by atoms with van der Waals surface area (Å²) in [5.41, 5.74) is 1.42. The standard InChI is InChI=1S/C22H34N4O.HI/c1-22(18-9-5-6-10-19(18)27-3)15-20(22)24-21(23-2)26-14-11-17(16-26)25-12-7-4-8-13-25;/h5-6,9-10,17,20H,4,7-8,11-16H2,1-3H3,(H,23,24);1H. The molecule has 0 spiro atoms. The number of aliphatic imine (C=N–C) groups is 1. The summed E-state index contributed by atoms with van der Waals surface area (Å²) in [7, 11) is 3.68. The minimum atomic E-state index is 0. The quantitative estimate of drug-likeness (QED) is 0.392. The summed E-state index contributed by atoms with van der Waals surface area (Å²) < 4.78 is 5.60. The second kappa shape index (κ2) is 9.20. The number of hydrogen-bond acceptors (Lipinski definition) is 3. The van der Waals surface area contributed by atoms with Gasteiger partial charge in [-0.25, -0.2) is 0 Å². The highest BCUT2D eigenvalue weighted by Crippen LogP contribution is 2.51. The highest BCUT2D eigenvalue weighted by Gasteiger charge is 2.53. The fourth-order valence-corrected chi connectivity index (χ4v) is 4.96. The summed E-state index contributed by atoms with van der Waals surface area (Å²) in [6.45, 7) is 7.10. The van der Waals surface area contributed by atoms with E-state index in [1.165, 1.54) is 44.3 Å². The third-order valence-corrected chi connectivity index (χ3v) is 6.84. The molecule has 0 amide bonds. The molecule has 1 N–H and O–H groups in total. The molecule has 5 nitrogen and oxygen atoms in total. The lowest BCUT2D eigenvalue weighted by Crippen LogP contribution is -2.45. The molecule has 2 saturated heterocycles. The van der Waals surface area contributed by atoms with Gasteiger partial charge < -0.3 is 15.0 Å². The first kappa shape index (κ1) is 21.7. The number of benzene rings is 1. The number of piperidine rings is 1. The number of nitrogens with one attached hydrogen (secondary N) is 1. The number of halogens is 1. The number of methoxy groups -OCH3 is 1. The highest BCUT2D eigenvalue weighted by atomic mass is 127. The van der Waals surface area contributed by atoms with Crippen molar-refractivity contribution in [1.29, 1.82) is 0 Å². The molecule has 4 rings (SSSR count). The van der Waals surface area contributed by atoms with Gasteiger partial charge >= 0.3 is 0 Å². The maximum absolute atomic E-state index is 5.60. The molecule has 1 aromatic rings. The van der Waals surface area contributed by atoms with Crippen LogP contribution in [0.5, 0.6) is 5.75 Å². The Balaban J connectivity index is 0.00000225. The molecule has 1 aromatic carbocycles. The molecule has 0 aromatic heterocycles. The molecule has 156 valence electrons. The molecular formula is C22H35IN4O. The number of ether oxygens (including phenoxy) is 1. The van der Waals surface area contributed by atoms with Crippen LogP contribution in [0.15, 0.2) is 29.3 Å². The summed E-state index contributed by atoms with van der Waals surface area (Å²) in [4.78, 5) is 9.77. The van der Waals surface area contributed by atoms with Crippen LogP contribution in [0.2, 0.25) is 0 Å². The molecule has 3 aliphatic rings. The molecule has 3 fully saturated rings. The van der Waals surface area contributed by atoms with Crippen LogP contribution in [0, 0.1) is 0 Å². The Morgan fingerprint density at radius 3 is 2.64 bits per heavy atom. The molecular weight excluding hydrogens is 463 g/mol. The minimum Gasteiger partial charge on any atom is -0.496 e. The smallest absolute Gasteiger partial charge is 0.193 e. The number of hydrogen-bond donors (Lipinski definition) is 1. The van der Waals surface area contributed by atoms with Gasteiger partial charge in [0.05, 0.1) is 7.11 Å². The van der Waals surface area contributed by atoms with Crippen LogP contribution < -0.4 is 10.1 Å². The molecule has 0 bridgehead atoms. The Labute approximate surface area is 186 Å². The van der Waals surface area contributed by atoms with Gasteiger partial charge in [0.1, 0.15) is 5.75 Å². The molecule has 3 atom stereocenters. The van der Waals surface area contributed by atoms with Crippen LogP contribution in [-0.4, -0.2) is 68.2 Å². The van der Waals surface area contributed by atoms with E-state index in [1.807, 2.05) is 13.1 Å². The molecule has 3 unspecified atom stereocenters. The van der Waals surface area contributed by atoms with E-state index in [4.69, 9.17) is 4.74 Å². The Morgan fingerprint density at radius 1 is 1.18 bits per heavy atom. The lowest BCUT2D eigenvalue weighted by atomic mass is 9.96. The van der Waals surface area contributed by atoms with Gasteiger partial charge in [0, 0.05) is 43.2 Å². The number of para-hydroxylation sites is 1. The highest BCUT2D eigenvalue weighted by molar-refractivity contribution is 14.0. The van der Waals surface area contributed by atoms with E-state index in [0.717, 1.165) is 31.2 Å². The van der Waals surface area contributed by atoms with Crippen molar-refractivity contribution in [2.24, 2.45) is 4.99 Å². The van der Waals surface area contributed by atoms with Crippen molar-refractivity contribution in [3.63, 3.8) is 0 Å². The van der Waals surface area contributed by atoms with Crippen molar-refractivity contribution in [2.75, 3.05) is 40.3 Å². The summed E-state index contributed by atoms with van der Waals surface area (Å²) >= 11 is 0. The molecule has 6 heteroatoms. The summed E-state index contributed by atoms with van der Waals surface area (Å²) in [6.07, 6.45) is 6.51. The van der Waals surface area contributed by atoms with Gasteiger partial charge in [-0.1, -0.05) is 31.5 Å². The Morgan fingerprint density at radius 2 is 1.93 bits per heavy atom. The predicted molar refractivity (Wildman–Crippen MR) is 126 cm³/mol. The van der Waals surface area contributed by atoms with Gasteiger partial charge in [0.25, 0.3) is 0 Å². The average Bonchev–Trinajstić information content (AvgIpc) is 3.14. The SMILES string of the molecule is CN=C(NC1CC1(C)c1ccccc1OC)N1CCC(N2CCCCC2)C1.I. The van der Waals surface area contributed by atoms with Crippen molar-refractivity contribution in [2.45, 2.75) is 56.5 Å². The maximum Gasteiger partial charge on any atom is 0.193 e. The molecule has 28 heavy (non-hydrogen) atoms.